The van der Waals surface area contributed by atoms with Crippen LogP contribution in [-0.2, 0) is 0 Å². The number of thiophene rings is 1. The largest absolute Gasteiger partial charge is 0.294 e. The van der Waals surface area contributed by atoms with Crippen LogP contribution >= 0.6 is 11.3 Å². The van der Waals surface area contributed by atoms with E-state index < -0.39 is 0 Å². The van der Waals surface area contributed by atoms with Crippen LogP contribution in [0.25, 0.3) is 11.1 Å². The smallest absolute Gasteiger partial charge is 0.169 e. The lowest BCUT2D eigenvalue weighted by Crippen LogP contribution is -1.84. The first-order valence-electron chi connectivity index (χ1n) is 5.23. The number of ketones is 1. The normalized spacial score (nSPS) is 9.94. The van der Waals surface area contributed by atoms with E-state index >= 15 is 0 Å². The summed E-state index contributed by atoms with van der Waals surface area (Å²) in [5, 5.41) is 8.74. The molecule has 0 atom stereocenters. The SMILES string of the molecule is CC(=O)c1cc(-c2ccc(C#N)cc2)c(C)s1. The van der Waals surface area contributed by atoms with E-state index in [9.17, 15) is 4.79 Å². The maximum Gasteiger partial charge on any atom is 0.169 e. The van der Waals surface area contributed by atoms with Gasteiger partial charge in [0, 0.05) is 4.88 Å². The van der Waals surface area contributed by atoms with Crippen molar-refractivity contribution in [1.29, 1.82) is 5.26 Å². The molecule has 0 bridgehead atoms. The summed E-state index contributed by atoms with van der Waals surface area (Å²) in [6.45, 7) is 3.58. The molecule has 0 aliphatic heterocycles. The molecule has 1 aromatic heterocycles. The van der Waals surface area contributed by atoms with Gasteiger partial charge in [0.1, 0.15) is 0 Å². The van der Waals surface area contributed by atoms with E-state index in [1.54, 1.807) is 19.1 Å². The van der Waals surface area contributed by atoms with Gasteiger partial charge in [0.05, 0.1) is 16.5 Å². The first-order chi connectivity index (χ1) is 8.11. The van der Waals surface area contributed by atoms with E-state index in [4.69, 9.17) is 5.26 Å². The highest BCUT2D eigenvalue weighted by molar-refractivity contribution is 7.14. The Morgan fingerprint density at radius 1 is 1.29 bits per heavy atom. The third-order valence-electron chi connectivity index (χ3n) is 2.59. The average Bonchev–Trinajstić information content (AvgIpc) is 2.72. The molecule has 17 heavy (non-hydrogen) atoms. The van der Waals surface area contributed by atoms with Crippen LogP contribution in [0, 0.1) is 18.3 Å². The number of Topliss-reactive ketones (excluding diaryl/α,β-unsaturated/α-hetero) is 1. The molecule has 0 radical (unpaired) electrons. The molecule has 0 fully saturated rings. The van der Waals surface area contributed by atoms with Crippen molar-refractivity contribution in [2.75, 3.05) is 0 Å². The van der Waals surface area contributed by atoms with Crippen molar-refractivity contribution in [2.24, 2.45) is 0 Å². The molecule has 3 heteroatoms. The van der Waals surface area contributed by atoms with Crippen molar-refractivity contribution in [3.05, 3.63) is 45.6 Å². The van der Waals surface area contributed by atoms with Gasteiger partial charge < -0.3 is 0 Å². The van der Waals surface area contributed by atoms with Gasteiger partial charge in [-0.25, -0.2) is 0 Å². The maximum atomic E-state index is 11.3. The van der Waals surface area contributed by atoms with Crippen molar-refractivity contribution in [3.63, 3.8) is 0 Å². The van der Waals surface area contributed by atoms with Gasteiger partial charge in [0.25, 0.3) is 0 Å². The Kier molecular flexibility index (Phi) is 3.08. The first kappa shape index (κ1) is 11.6. The van der Waals surface area contributed by atoms with E-state index in [0.29, 0.717) is 5.56 Å². The molecule has 0 saturated heterocycles. The predicted molar refractivity (Wildman–Crippen MR) is 69.2 cm³/mol. The van der Waals surface area contributed by atoms with Crippen molar-refractivity contribution >= 4 is 17.1 Å². The van der Waals surface area contributed by atoms with Crippen molar-refractivity contribution in [1.82, 2.24) is 0 Å². The number of carbonyl (C=O) groups excluding carboxylic acids is 1. The first-order valence-corrected chi connectivity index (χ1v) is 6.05. The monoisotopic (exact) mass is 241 g/mol. The molecule has 2 nitrogen and oxygen atoms in total. The van der Waals surface area contributed by atoms with Crippen LogP contribution in [0.1, 0.15) is 27.0 Å². The second-order valence-electron chi connectivity index (χ2n) is 3.83. The summed E-state index contributed by atoms with van der Waals surface area (Å²) in [5.41, 5.74) is 2.77. The zero-order chi connectivity index (χ0) is 12.4. The minimum atomic E-state index is 0.0954. The third-order valence-corrected chi connectivity index (χ3v) is 3.74. The van der Waals surface area contributed by atoms with Gasteiger partial charge in [-0.15, -0.1) is 11.3 Å². The lowest BCUT2D eigenvalue weighted by molar-refractivity contribution is 0.102. The van der Waals surface area contributed by atoms with E-state index in [1.807, 2.05) is 25.1 Å². The van der Waals surface area contributed by atoms with Crippen molar-refractivity contribution in [3.8, 4) is 17.2 Å². The fourth-order valence-electron chi connectivity index (χ4n) is 1.67. The number of aryl methyl sites for hydroxylation is 1. The second kappa shape index (κ2) is 4.52. The minimum absolute atomic E-state index is 0.0954. The Bertz CT molecular complexity index is 602. The number of hydrogen-bond acceptors (Lipinski definition) is 3. The number of benzene rings is 1. The fourth-order valence-corrected chi connectivity index (χ4v) is 2.60. The van der Waals surface area contributed by atoms with Crippen LogP contribution in [0.15, 0.2) is 30.3 Å². The second-order valence-corrected chi connectivity index (χ2v) is 5.08. The molecular weight excluding hydrogens is 230 g/mol. The van der Waals surface area contributed by atoms with Crippen LogP contribution in [-0.4, -0.2) is 5.78 Å². The van der Waals surface area contributed by atoms with Gasteiger partial charge in [-0.1, -0.05) is 12.1 Å². The van der Waals surface area contributed by atoms with Crippen LogP contribution in [0.3, 0.4) is 0 Å². The van der Waals surface area contributed by atoms with E-state index in [-0.39, 0.29) is 5.78 Å². The van der Waals surface area contributed by atoms with Crippen molar-refractivity contribution in [2.45, 2.75) is 13.8 Å². The Hall–Kier alpha value is -1.92. The molecule has 0 amide bonds. The summed E-state index contributed by atoms with van der Waals surface area (Å²) < 4.78 is 0. The zero-order valence-electron chi connectivity index (χ0n) is 9.65. The average molecular weight is 241 g/mol. The Morgan fingerprint density at radius 2 is 1.94 bits per heavy atom. The van der Waals surface area contributed by atoms with Crippen LogP contribution in [0.2, 0.25) is 0 Å². The highest BCUT2D eigenvalue weighted by Crippen LogP contribution is 2.31. The van der Waals surface area contributed by atoms with Gasteiger partial charge >= 0.3 is 0 Å². The minimum Gasteiger partial charge on any atom is -0.294 e. The lowest BCUT2D eigenvalue weighted by Gasteiger charge is -1.99. The number of rotatable bonds is 2. The van der Waals surface area contributed by atoms with E-state index in [2.05, 4.69) is 6.07 Å². The standard InChI is InChI=1S/C14H11NOS/c1-9(16)14-7-13(10(2)17-14)12-5-3-11(8-15)4-6-12/h3-7H,1-2H3. The van der Waals surface area contributed by atoms with Crippen LogP contribution in [0.4, 0.5) is 0 Å². The summed E-state index contributed by atoms with van der Waals surface area (Å²) in [6, 6.07) is 11.4. The molecule has 84 valence electrons. The summed E-state index contributed by atoms with van der Waals surface area (Å²) in [7, 11) is 0. The fraction of sp³-hybridized carbons (Fsp3) is 0.143. The molecule has 0 N–H and O–H groups in total. The number of carbonyl (C=O) groups is 1. The lowest BCUT2D eigenvalue weighted by atomic mass is 10.0. The number of nitriles is 1. The molecule has 2 aromatic rings. The van der Waals surface area contributed by atoms with Crippen LogP contribution < -0.4 is 0 Å². The van der Waals surface area contributed by atoms with Gasteiger partial charge in [-0.3, -0.25) is 4.79 Å². The summed E-state index contributed by atoms with van der Waals surface area (Å²) in [5.74, 6) is 0.0954. The van der Waals surface area contributed by atoms with Gasteiger partial charge in [0.2, 0.25) is 0 Å². The summed E-state index contributed by atoms with van der Waals surface area (Å²) in [4.78, 5) is 13.2. The molecule has 0 unspecified atom stereocenters. The predicted octanol–water partition coefficient (Wildman–Crippen LogP) is 3.80. The molecule has 0 aliphatic carbocycles. The van der Waals surface area contributed by atoms with Gasteiger partial charge in [0.15, 0.2) is 5.78 Å². The molecule has 0 aliphatic rings. The Morgan fingerprint density at radius 3 is 2.41 bits per heavy atom. The molecule has 1 heterocycles. The van der Waals surface area contributed by atoms with Crippen LogP contribution in [0.5, 0.6) is 0 Å². The number of hydrogen-bond donors (Lipinski definition) is 0. The molecule has 1 aromatic carbocycles. The topological polar surface area (TPSA) is 40.9 Å². The molecule has 0 spiro atoms. The Labute approximate surface area is 104 Å². The molecule has 0 saturated carbocycles. The zero-order valence-corrected chi connectivity index (χ0v) is 10.5. The van der Waals surface area contributed by atoms with Crippen molar-refractivity contribution < 1.29 is 4.79 Å². The van der Waals surface area contributed by atoms with Gasteiger partial charge in [-0.2, -0.15) is 5.26 Å². The third kappa shape index (κ3) is 2.27. The quantitative estimate of drug-likeness (QED) is 0.750. The van der Waals surface area contributed by atoms with E-state index in [1.165, 1.54) is 11.3 Å². The highest BCUT2D eigenvalue weighted by Gasteiger charge is 2.10. The highest BCUT2D eigenvalue weighted by atomic mass is 32.1. The Balaban J connectivity index is 2.46. The summed E-state index contributed by atoms with van der Waals surface area (Å²) >= 11 is 1.51. The number of nitrogens with zero attached hydrogens (tertiary/aromatic N) is 1. The molecule has 2 rings (SSSR count). The van der Waals surface area contributed by atoms with E-state index in [0.717, 1.165) is 20.9 Å². The maximum absolute atomic E-state index is 11.3. The molecular formula is C14H11NOS. The van der Waals surface area contributed by atoms with Gasteiger partial charge in [-0.05, 0) is 43.2 Å². The summed E-state index contributed by atoms with van der Waals surface area (Å²) in [6.07, 6.45) is 0.